The lowest BCUT2D eigenvalue weighted by molar-refractivity contribution is -0.132. The van der Waals surface area contributed by atoms with E-state index >= 15 is 0 Å². The molecule has 2 saturated heterocycles. The van der Waals surface area contributed by atoms with Crippen LogP contribution in [0.5, 0.6) is 0 Å². The van der Waals surface area contributed by atoms with Crippen LogP contribution < -0.4 is 10.6 Å². The fraction of sp³-hybridized carbons (Fsp3) is 0.667. The predicted octanol–water partition coefficient (Wildman–Crippen LogP) is 2.77. The number of amides is 1. The molecule has 1 aromatic carbocycles. The number of piperidine rings is 2. The molecule has 0 unspecified atom stereocenters. The lowest BCUT2D eigenvalue weighted by Gasteiger charge is -2.35. The van der Waals surface area contributed by atoms with Crippen molar-refractivity contribution >= 4 is 17.3 Å². The molecular formula is C21H34N4O. The van der Waals surface area contributed by atoms with Crippen LogP contribution in [0.15, 0.2) is 18.2 Å². The molecule has 144 valence electrons. The summed E-state index contributed by atoms with van der Waals surface area (Å²) in [5.41, 5.74) is 9.77. The number of anilines is 2. The quantitative estimate of drug-likeness (QED) is 0.841. The van der Waals surface area contributed by atoms with Crippen molar-refractivity contribution in [3.05, 3.63) is 23.8 Å². The Morgan fingerprint density at radius 3 is 2.38 bits per heavy atom. The number of benzene rings is 1. The van der Waals surface area contributed by atoms with Crippen molar-refractivity contribution < 1.29 is 4.79 Å². The molecule has 2 aliphatic rings. The molecule has 0 saturated carbocycles. The first-order chi connectivity index (χ1) is 12.4. The lowest BCUT2D eigenvalue weighted by Crippen LogP contribution is -2.42. The number of nitrogens with two attached hydrogens (primary N) is 1. The van der Waals surface area contributed by atoms with Crippen molar-refractivity contribution in [2.75, 3.05) is 57.5 Å². The maximum atomic E-state index is 12.2. The van der Waals surface area contributed by atoms with Gasteiger partial charge in [-0.3, -0.25) is 4.79 Å². The second-order valence-electron chi connectivity index (χ2n) is 8.38. The summed E-state index contributed by atoms with van der Waals surface area (Å²) in [6.45, 7) is 6.77. The maximum Gasteiger partial charge on any atom is 0.236 e. The van der Waals surface area contributed by atoms with Gasteiger partial charge in [-0.05, 0) is 69.3 Å². The van der Waals surface area contributed by atoms with Crippen molar-refractivity contribution in [2.45, 2.75) is 38.5 Å². The molecule has 2 heterocycles. The molecule has 2 fully saturated rings. The topological polar surface area (TPSA) is 52.8 Å². The van der Waals surface area contributed by atoms with Crippen molar-refractivity contribution in [1.29, 1.82) is 0 Å². The van der Waals surface area contributed by atoms with Gasteiger partial charge in [-0.1, -0.05) is 13.0 Å². The zero-order chi connectivity index (χ0) is 18.7. The summed E-state index contributed by atoms with van der Waals surface area (Å²) < 4.78 is 0. The van der Waals surface area contributed by atoms with E-state index < -0.39 is 0 Å². The molecule has 0 radical (unpaired) electrons. The van der Waals surface area contributed by atoms with Gasteiger partial charge in [0, 0.05) is 26.2 Å². The summed E-state index contributed by atoms with van der Waals surface area (Å²) in [6.07, 6.45) is 4.57. The Bertz CT molecular complexity index is 614. The van der Waals surface area contributed by atoms with Crippen molar-refractivity contribution in [1.82, 2.24) is 9.80 Å². The number of hydrogen-bond donors (Lipinski definition) is 1. The Kier molecular flexibility index (Phi) is 6.07. The van der Waals surface area contributed by atoms with Gasteiger partial charge in [0.15, 0.2) is 0 Å². The van der Waals surface area contributed by atoms with E-state index in [1.807, 2.05) is 23.9 Å². The second-order valence-corrected chi connectivity index (χ2v) is 8.38. The summed E-state index contributed by atoms with van der Waals surface area (Å²) in [6, 6.07) is 6.58. The van der Waals surface area contributed by atoms with E-state index in [4.69, 9.17) is 5.73 Å². The largest absolute Gasteiger partial charge is 0.397 e. The van der Waals surface area contributed by atoms with Crippen LogP contribution in [0.4, 0.5) is 11.4 Å². The standard InChI is InChI=1S/C21H34N4O/c1-16-6-10-24(11-7-16)20-14-18(4-5-19(20)22)17-8-12-25(13-9-17)21(26)15-23(2)3/h4-5,14,16-17H,6-13,15,22H2,1-3H3. The molecule has 5 heteroatoms. The second kappa shape index (κ2) is 8.30. The zero-order valence-corrected chi connectivity index (χ0v) is 16.6. The van der Waals surface area contributed by atoms with Gasteiger partial charge in [0.05, 0.1) is 17.9 Å². The molecule has 0 atom stereocenters. The Morgan fingerprint density at radius 2 is 1.77 bits per heavy atom. The first-order valence-corrected chi connectivity index (χ1v) is 10.0. The minimum atomic E-state index is 0.244. The monoisotopic (exact) mass is 358 g/mol. The SMILES string of the molecule is CC1CCN(c2cc(C3CCN(C(=O)CN(C)C)CC3)ccc2N)CC1. The average molecular weight is 359 g/mol. The highest BCUT2D eigenvalue weighted by Gasteiger charge is 2.25. The van der Waals surface area contributed by atoms with Crippen LogP contribution in [0.3, 0.4) is 0 Å². The van der Waals surface area contributed by atoms with Crippen LogP contribution >= 0.6 is 0 Å². The number of carbonyl (C=O) groups excluding carboxylic acids is 1. The van der Waals surface area contributed by atoms with E-state index in [0.717, 1.165) is 50.6 Å². The highest BCUT2D eigenvalue weighted by molar-refractivity contribution is 5.78. The van der Waals surface area contributed by atoms with Crippen LogP contribution in [0, 0.1) is 5.92 Å². The summed E-state index contributed by atoms with van der Waals surface area (Å²) in [7, 11) is 3.89. The van der Waals surface area contributed by atoms with Crippen molar-refractivity contribution in [3.63, 3.8) is 0 Å². The van der Waals surface area contributed by atoms with E-state index in [1.54, 1.807) is 0 Å². The third kappa shape index (κ3) is 4.50. The van der Waals surface area contributed by atoms with E-state index in [2.05, 4.69) is 30.0 Å². The molecular weight excluding hydrogens is 324 g/mol. The molecule has 1 amide bonds. The molecule has 3 rings (SSSR count). The van der Waals surface area contributed by atoms with E-state index in [1.165, 1.54) is 24.1 Å². The van der Waals surface area contributed by atoms with Crippen molar-refractivity contribution in [3.8, 4) is 0 Å². The number of likely N-dealkylation sites (tertiary alicyclic amines) is 1. The number of carbonyl (C=O) groups is 1. The Morgan fingerprint density at radius 1 is 1.12 bits per heavy atom. The number of likely N-dealkylation sites (N-methyl/N-ethyl adjacent to an activating group) is 1. The summed E-state index contributed by atoms with van der Waals surface area (Å²) in [4.78, 5) is 18.7. The van der Waals surface area contributed by atoms with Crippen LogP contribution in [0.2, 0.25) is 0 Å². The van der Waals surface area contributed by atoms with E-state index in [9.17, 15) is 4.79 Å². The fourth-order valence-corrected chi connectivity index (χ4v) is 4.17. The van der Waals surface area contributed by atoms with E-state index in [-0.39, 0.29) is 5.91 Å². The first kappa shape index (κ1) is 19.0. The fourth-order valence-electron chi connectivity index (χ4n) is 4.17. The Hall–Kier alpha value is -1.75. The van der Waals surface area contributed by atoms with Gasteiger partial charge >= 0.3 is 0 Å². The number of hydrogen-bond acceptors (Lipinski definition) is 4. The minimum Gasteiger partial charge on any atom is -0.397 e. The van der Waals surface area contributed by atoms with Gasteiger partial charge in [-0.2, -0.15) is 0 Å². The van der Waals surface area contributed by atoms with Crippen LogP contribution in [0.1, 0.15) is 44.1 Å². The maximum absolute atomic E-state index is 12.2. The summed E-state index contributed by atoms with van der Waals surface area (Å²) >= 11 is 0. The number of rotatable bonds is 4. The average Bonchev–Trinajstić information content (AvgIpc) is 2.62. The van der Waals surface area contributed by atoms with Crippen LogP contribution in [-0.4, -0.2) is 62.5 Å². The Labute approximate surface area is 158 Å². The third-order valence-electron chi connectivity index (χ3n) is 5.95. The molecule has 2 N–H and O–H groups in total. The molecule has 26 heavy (non-hydrogen) atoms. The molecule has 0 aliphatic carbocycles. The smallest absolute Gasteiger partial charge is 0.236 e. The predicted molar refractivity (Wildman–Crippen MR) is 109 cm³/mol. The van der Waals surface area contributed by atoms with Crippen LogP contribution in [0.25, 0.3) is 0 Å². The van der Waals surface area contributed by atoms with Gasteiger partial charge < -0.3 is 20.4 Å². The lowest BCUT2D eigenvalue weighted by atomic mass is 9.88. The third-order valence-corrected chi connectivity index (χ3v) is 5.95. The first-order valence-electron chi connectivity index (χ1n) is 10.0. The summed E-state index contributed by atoms with van der Waals surface area (Å²) in [5.74, 6) is 1.59. The van der Waals surface area contributed by atoms with Crippen molar-refractivity contribution in [2.24, 2.45) is 5.92 Å². The van der Waals surface area contributed by atoms with Gasteiger partial charge in [-0.15, -0.1) is 0 Å². The molecule has 5 nitrogen and oxygen atoms in total. The van der Waals surface area contributed by atoms with Gasteiger partial charge in [-0.25, -0.2) is 0 Å². The highest BCUT2D eigenvalue weighted by Crippen LogP contribution is 2.34. The van der Waals surface area contributed by atoms with E-state index in [0.29, 0.717) is 12.5 Å². The minimum absolute atomic E-state index is 0.244. The molecule has 0 aromatic heterocycles. The molecule has 1 aromatic rings. The summed E-state index contributed by atoms with van der Waals surface area (Å²) in [5, 5.41) is 0. The normalized spacial score (nSPS) is 20.0. The molecule has 0 bridgehead atoms. The number of nitrogen functional groups attached to an aromatic ring is 1. The molecule has 2 aliphatic heterocycles. The number of nitrogens with zero attached hydrogens (tertiary/aromatic N) is 3. The van der Waals surface area contributed by atoms with Crippen LogP contribution in [-0.2, 0) is 4.79 Å². The van der Waals surface area contributed by atoms with Gasteiger partial charge in [0.2, 0.25) is 5.91 Å². The highest BCUT2D eigenvalue weighted by atomic mass is 16.2. The zero-order valence-electron chi connectivity index (χ0n) is 16.6. The Balaban J connectivity index is 1.64. The molecule has 0 spiro atoms. The van der Waals surface area contributed by atoms with Gasteiger partial charge in [0.1, 0.15) is 0 Å². The van der Waals surface area contributed by atoms with Gasteiger partial charge in [0.25, 0.3) is 0 Å².